The minimum Gasteiger partial charge on any atom is -0.445 e. The molecule has 1 unspecified atom stereocenters. The molecule has 1 aromatic carbocycles. The molecule has 5 heteroatoms. The van der Waals surface area contributed by atoms with Gasteiger partial charge in [-0.25, -0.2) is 4.98 Å². The predicted molar refractivity (Wildman–Crippen MR) is 75.6 cm³/mol. The van der Waals surface area contributed by atoms with Gasteiger partial charge in [-0.3, -0.25) is 0 Å². The summed E-state index contributed by atoms with van der Waals surface area (Å²) in [4.78, 5) is 4.15. The fourth-order valence-corrected chi connectivity index (χ4v) is 2.52. The van der Waals surface area contributed by atoms with Crippen molar-refractivity contribution in [2.24, 2.45) is 0 Å². The number of aryl methyl sites for hydroxylation is 1. The summed E-state index contributed by atoms with van der Waals surface area (Å²) in [5.74, 6) is 1.51. The van der Waals surface area contributed by atoms with Crippen LogP contribution in [0, 0.1) is 6.92 Å². The molecular formula is C13H14BrClN2O. The van der Waals surface area contributed by atoms with Crippen LogP contribution >= 0.6 is 27.5 Å². The minimum atomic E-state index is 0.137. The first-order chi connectivity index (χ1) is 8.56. The molecule has 1 atom stereocenters. The number of benzene rings is 1. The lowest BCUT2D eigenvalue weighted by Crippen LogP contribution is -2.18. The van der Waals surface area contributed by atoms with Gasteiger partial charge in [0.15, 0.2) is 0 Å². The lowest BCUT2D eigenvalue weighted by molar-refractivity contribution is 0.432. The van der Waals surface area contributed by atoms with Crippen LogP contribution in [0.5, 0.6) is 0 Å². The number of hydrogen-bond donors (Lipinski definition) is 1. The predicted octanol–water partition coefficient (Wildman–Crippen LogP) is 4.25. The number of aromatic nitrogens is 1. The zero-order valence-corrected chi connectivity index (χ0v) is 12.5. The topological polar surface area (TPSA) is 38.1 Å². The van der Waals surface area contributed by atoms with Gasteiger partial charge < -0.3 is 9.73 Å². The van der Waals surface area contributed by atoms with Gasteiger partial charge >= 0.3 is 0 Å². The largest absolute Gasteiger partial charge is 0.445 e. The molecule has 0 amide bonds. The first-order valence-corrected chi connectivity index (χ1v) is 6.83. The molecule has 96 valence electrons. The van der Waals surface area contributed by atoms with Crippen LogP contribution in [0.1, 0.15) is 30.2 Å². The summed E-state index contributed by atoms with van der Waals surface area (Å²) < 4.78 is 6.38. The molecule has 0 aliphatic carbocycles. The van der Waals surface area contributed by atoms with Crippen LogP contribution in [0.3, 0.4) is 0 Å². The third-order valence-electron chi connectivity index (χ3n) is 2.66. The van der Waals surface area contributed by atoms with E-state index in [4.69, 9.17) is 16.0 Å². The maximum Gasteiger partial charge on any atom is 0.208 e. The molecule has 3 nitrogen and oxygen atoms in total. The average molecular weight is 330 g/mol. The van der Waals surface area contributed by atoms with E-state index in [1.807, 2.05) is 25.1 Å². The Balaban J connectivity index is 2.01. The summed E-state index contributed by atoms with van der Waals surface area (Å²) in [6.45, 7) is 4.53. The SMILES string of the molecule is Cc1cnc(CNC(C)c2ccc(Br)cc2Cl)o1. The van der Waals surface area contributed by atoms with E-state index in [1.54, 1.807) is 6.20 Å². The third-order valence-corrected chi connectivity index (χ3v) is 3.48. The van der Waals surface area contributed by atoms with Gasteiger partial charge in [0.25, 0.3) is 0 Å². The molecule has 1 aromatic heterocycles. The smallest absolute Gasteiger partial charge is 0.208 e. The Bertz CT molecular complexity index is 542. The summed E-state index contributed by atoms with van der Waals surface area (Å²) in [6.07, 6.45) is 1.72. The fraction of sp³-hybridized carbons (Fsp3) is 0.308. The van der Waals surface area contributed by atoms with E-state index in [0.717, 1.165) is 20.8 Å². The van der Waals surface area contributed by atoms with Crippen molar-refractivity contribution in [1.82, 2.24) is 10.3 Å². The van der Waals surface area contributed by atoms with E-state index in [-0.39, 0.29) is 6.04 Å². The molecule has 1 N–H and O–H groups in total. The van der Waals surface area contributed by atoms with E-state index in [2.05, 4.69) is 33.2 Å². The highest BCUT2D eigenvalue weighted by atomic mass is 79.9. The summed E-state index contributed by atoms with van der Waals surface area (Å²) in [5, 5.41) is 4.08. The highest BCUT2D eigenvalue weighted by molar-refractivity contribution is 9.10. The van der Waals surface area contributed by atoms with Crippen molar-refractivity contribution in [2.45, 2.75) is 26.4 Å². The van der Waals surface area contributed by atoms with Gasteiger partial charge in [-0.15, -0.1) is 0 Å². The molecule has 0 aliphatic rings. The molecule has 2 rings (SSSR count). The Kier molecular flexibility index (Phi) is 4.43. The average Bonchev–Trinajstić information content (AvgIpc) is 2.72. The van der Waals surface area contributed by atoms with Crippen molar-refractivity contribution in [2.75, 3.05) is 0 Å². The number of rotatable bonds is 4. The summed E-state index contributed by atoms with van der Waals surface area (Å²) >= 11 is 9.60. The second kappa shape index (κ2) is 5.87. The van der Waals surface area contributed by atoms with Gasteiger partial charge in [-0.05, 0) is 31.5 Å². The van der Waals surface area contributed by atoms with Crippen LogP contribution in [-0.4, -0.2) is 4.98 Å². The Morgan fingerprint density at radius 2 is 2.28 bits per heavy atom. The first-order valence-electron chi connectivity index (χ1n) is 5.66. The number of nitrogens with zero attached hydrogens (tertiary/aromatic N) is 1. The normalized spacial score (nSPS) is 12.7. The zero-order valence-electron chi connectivity index (χ0n) is 10.2. The lowest BCUT2D eigenvalue weighted by atomic mass is 10.1. The number of halogens is 2. The van der Waals surface area contributed by atoms with Crippen molar-refractivity contribution < 1.29 is 4.42 Å². The fourth-order valence-electron chi connectivity index (χ4n) is 1.69. The van der Waals surface area contributed by atoms with E-state index in [1.165, 1.54) is 0 Å². The molecule has 2 aromatic rings. The molecule has 0 aliphatic heterocycles. The van der Waals surface area contributed by atoms with E-state index >= 15 is 0 Å². The second-order valence-electron chi connectivity index (χ2n) is 4.13. The van der Waals surface area contributed by atoms with E-state index in [9.17, 15) is 0 Å². The Morgan fingerprint density at radius 1 is 1.50 bits per heavy atom. The maximum atomic E-state index is 6.20. The zero-order chi connectivity index (χ0) is 13.1. The van der Waals surface area contributed by atoms with Gasteiger partial charge in [-0.1, -0.05) is 33.6 Å². The molecule has 0 bridgehead atoms. The van der Waals surface area contributed by atoms with Crippen LogP contribution in [0.25, 0.3) is 0 Å². The Morgan fingerprint density at radius 3 is 2.89 bits per heavy atom. The number of nitrogens with one attached hydrogen (secondary N) is 1. The van der Waals surface area contributed by atoms with Gasteiger partial charge in [0, 0.05) is 15.5 Å². The quantitative estimate of drug-likeness (QED) is 0.911. The van der Waals surface area contributed by atoms with Crippen molar-refractivity contribution in [3.63, 3.8) is 0 Å². The Labute approximate surface area is 120 Å². The van der Waals surface area contributed by atoms with Gasteiger partial charge in [0.2, 0.25) is 5.89 Å². The monoisotopic (exact) mass is 328 g/mol. The second-order valence-corrected chi connectivity index (χ2v) is 5.46. The van der Waals surface area contributed by atoms with E-state index < -0.39 is 0 Å². The van der Waals surface area contributed by atoms with Crippen molar-refractivity contribution in [3.05, 3.63) is 51.1 Å². The summed E-state index contributed by atoms with van der Waals surface area (Å²) in [5.41, 5.74) is 1.06. The summed E-state index contributed by atoms with van der Waals surface area (Å²) in [6, 6.07) is 6.02. The van der Waals surface area contributed by atoms with Gasteiger partial charge in [0.1, 0.15) is 5.76 Å². The van der Waals surface area contributed by atoms with Crippen LogP contribution in [0.15, 0.2) is 33.3 Å². The molecule has 0 saturated carbocycles. The van der Waals surface area contributed by atoms with E-state index in [0.29, 0.717) is 12.4 Å². The minimum absolute atomic E-state index is 0.137. The molecule has 1 heterocycles. The lowest BCUT2D eigenvalue weighted by Gasteiger charge is -2.14. The Hall–Kier alpha value is -0.840. The highest BCUT2D eigenvalue weighted by Crippen LogP contribution is 2.26. The van der Waals surface area contributed by atoms with Gasteiger partial charge in [0.05, 0.1) is 12.7 Å². The molecule has 18 heavy (non-hydrogen) atoms. The molecular weight excluding hydrogens is 316 g/mol. The van der Waals surface area contributed by atoms with Crippen LogP contribution in [0.4, 0.5) is 0 Å². The standard InChI is InChI=1S/C13H14BrClN2O/c1-8-6-17-13(18-8)7-16-9(2)11-4-3-10(14)5-12(11)15/h3-6,9,16H,7H2,1-2H3. The van der Waals surface area contributed by atoms with Crippen molar-refractivity contribution >= 4 is 27.5 Å². The maximum absolute atomic E-state index is 6.20. The van der Waals surface area contributed by atoms with Crippen molar-refractivity contribution in [3.8, 4) is 0 Å². The molecule has 0 fully saturated rings. The third kappa shape index (κ3) is 3.34. The number of hydrogen-bond acceptors (Lipinski definition) is 3. The molecule has 0 radical (unpaired) electrons. The van der Waals surface area contributed by atoms with Crippen molar-refractivity contribution in [1.29, 1.82) is 0 Å². The highest BCUT2D eigenvalue weighted by Gasteiger charge is 2.10. The van der Waals surface area contributed by atoms with Gasteiger partial charge in [-0.2, -0.15) is 0 Å². The summed E-state index contributed by atoms with van der Waals surface area (Å²) in [7, 11) is 0. The first kappa shape index (κ1) is 13.6. The van der Waals surface area contributed by atoms with Crippen LogP contribution in [0.2, 0.25) is 5.02 Å². The van der Waals surface area contributed by atoms with Crippen LogP contribution in [-0.2, 0) is 6.54 Å². The molecule has 0 spiro atoms. The number of oxazole rings is 1. The van der Waals surface area contributed by atoms with Crippen LogP contribution < -0.4 is 5.32 Å². The molecule has 0 saturated heterocycles.